The summed E-state index contributed by atoms with van der Waals surface area (Å²) in [6.45, 7) is 8.11. The van der Waals surface area contributed by atoms with Gasteiger partial charge in [-0.05, 0) is 24.5 Å². The number of benzene rings is 1. The molecule has 1 aromatic rings. The van der Waals surface area contributed by atoms with Gasteiger partial charge < -0.3 is 16.4 Å². The molecule has 0 atom stereocenters. The molecule has 0 aliphatic rings. The van der Waals surface area contributed by atoms with E-state index < -0.39 is 11.9 Å². The fourth-order valence-electron chi connectivity index (χ4n) is 1.36. The Balaban J connectivity index is 2.76. The summed E-state index contributed by atoms with van der Waals surface area (Å²) in [6, 6.07) is 6.18. The fourth-order valence-corrected chi connectivity index (χ4v) is 1.36. The first-order valence-corrected chi connectivity index (χ1v) is 6.35. The highest BCUT2D eigenvalue weighted by atomic mass is 16.2. The Morgan fingerprint density at radius 2 is 1.80 bits per heavy atom. The van der Waals surface area contributed by atoms with Crippen molar-refractivity contribution in [3.8, 4) is 0 Å². The maximum Gasteiger partial charge on any atom is 0.323 e. The van der Waals surface area contributed by atoms with E-state index in [1.165, 1.54) is 0 Å². The molecule has 0 radical (unpaired) electrons. The molecule has 3 amide bonds. The molecule has 5 heteroatoms. The average molecular weight is 275 g/mol. The number of hydrogen-bond donors (Lipinski definition) is 3. The van der Waals surface area contributed by atoms with Gasteiger partial charge in [-0.3, -0.25) is 4.79 Å². The third kappa shape index (κ3) is 4.42. The standard InChI is InChI=1S/C15H21N3O2/c1-10(15(2,3)4)9-17-14(20)18-12-8-6-5-7-11(12)13(16)19/h5-9H,1-4H3,(H2,16,19)(H2,17,18,20)/b10-9+. The molecule has 108 valence electrons. The molecule has 0 saturated heterocycles. The number of carbonyl (C=O) groups excluding carboxylic acids is 2. The van der Waals surface area contributed by atoms with Gasteiger partial charge in [0.25, 0.3) is 5.91 Å². The SMILES string of the molecule is C/C(=C\NC(=O)Nc1ccccc1C(N)=O)C(C)(C)C. The zero-order valence-corrected chi connectivity index (χ0v) is 12.3. The van der Waals surface area contributed by atoms with Crippen LogP contribution in [0, 0.1) is 5.41 Å². The summed E-state index contributed by atoms with van der Waals surface area (Å²) in [7, 11) is 0. The second-order valence-electron chi connectivity index (χ2n) is 5.59. The first kappa shape index (κ1) is 15.8. The quantitative estimate of drug-likeness (QED) is 0.792. The molecule has 5 nitrogen and oxygen atoms in total. The highest BCUT2D eigenvalue weighted by Crippen LogP contribution is 2.23. The molecule has 0 fully saturated rings. The predicted molar refractivity (Wildman–Crippen MR) is 80.3 cm³/mol. The first-order valence-electron chi connectivity index (χ1n) is 6.35. The number of nitrogens with one attached hydrogen (secondary N) is 2. The van der Waals surface area contributed by atoms with E-state index in [1.54, 1.807) is 30.5 Å². The van der Waals surface area contributed by atoms with Crippen molar-refractivity contribution < 1.29 is 9.59 Å². The molecular weight excluding hydrogens is 254 g/mol. The van der Waals surface area contributed by atoms with Gasteiger partial charge in [0.15, 0.2) is 0 Å². The summed E-state index contributed by atoms with van der Waals surface area (Å²) in [5, 5.41) is 5.24. The summed E-state index contributed by atoms with van der Waals surface area (Å²) >= 11 is 0. The maximum absolute atomic E-state index is 11.8. The van der Waals surface area contributed by atoms with Crippen LogP contribution in [0.1, 0.15) is 38.1 Å². The van der Waals surface area contributed by atoms with Crippen LogP contribution in [0.25, 0.3) is 0 Å². The lowest BCUT2D eigenvalue weighted by molar-refractivity contribution is 0.100. The van der Waals surface area contributed by atoms with E-state index in [-0.39, 0.29) is 11.0 Å². The van der Waals surface area contributed by atoms with Crippen LogP contribution >= 0.6 is 0 Å². The summed E-state index contributed by atoms with van der Waals surface area (Å²) in [5.41, 5.74) is 6.93. The minimum absolute atomic E-state index is 0.0155. The van der Waals surface area contributed by atoms with Crippen molar-refractivity contribution in [2.75, 3.05) is 5.32 Å². The summed E-state index contributed by atoms with van der Waals surface area (Å²) in [4.78, 5) is 23.0. The molecule has 0 unspecified atom stereocenters. The lowest BCUT2D eigenvalue weighted by Crippen LogP contribution is -2.27. The van der Waals surface area contributed by atoms with Crippen molar-refractivity contribution in [1.29, 1.82) is 0 Å². The normalized spacial score (nSPS) is 11.9. The van der Waals surface area contributed by atoms with Gasteiger partial charge in [0.05, 0.1) is 11.3 Å². The number of urea groups is 1. The average Bonchev–Trinajstić information content (AvgIpc) is 2.35. The van der Waals surface area contributed by atoms with Crippen LogP contribution in [0.4, 0.5) is 10.5 Å². The van der Waals surface area contributed by atoms with Gasteiger partial charge in [0, 0.05) is 6.20 Å². The largest absolute Gasteiger partial charge is 0.366 e. The Morgan fingerprint density at radius 3 is 2.35 bits per heavy atom. The molecule has 0 aliphatic carbocycles. The molecule has 1 rings (SSSR count). The topological polar surface area (TPSA) is 84.2 Å². The molecule has 1 aromatic carbocycles. The summed E-state index contributed by atoms with van der Waals surface area (Å²) in [5.74, 6) is -0.581. The maximum atomic E-state index is 11.8. The van der Waals surface area contributed by atoms with E-state index in [1.807, 2.05) is 6.92 Å². The molecule has 0 aromatic heterocycles. The molecule has 0 saturated carbocycles. The number of primary amides is 1. The van der Waals surface area contributed by atoms with Crippen LogP contribution in [-0.4, -0.2) is 11.9 Å². The molecular formula is C15H21N3O2. The molecule has 20 heavy (non-hydrogen) atoms. The van der Waals surface area contributed by atoms with E-state index in [0.29, 0.717) is 5.69 Å². The van der Waals surface area contributed by atoms with Gasteiger partial charge in [0.1, 0.15) is 0 Å². The number of para-hydroxylation sites is 1. The predicted octanol–water partition coefficient (Wildman–Crippen LogP) is 2.86. The Bertz CT molecular complexity index is 542. The Hall–Kier alpha value is -2.30. The smallest absolute Gasteiger partial charge is 0.323 e. The molecule has 0 bridgehead atoms. The number of hydrogen-bond acceptors (Lipinski definition) is 2. The first-order chi connectivity index (χ1) is 9.21. The zero-order valence-electron chi connectivity index (χ0n) is 12.3. The number of nitrogens with two attached hydrogens (primary N) is 1. The van der Waals surface area contributed by atoms with Gasteiger partial charge in [0.2, 0.25) is 0 Å². The van der Waals surface area contributed by atoms with E-state index in [4.69, 9.17) is 5.73 Å². The highest BCUT2D eigenvalue weighted by Gasteiger charge is 2.13. The van der Waals surface area contributed by atoms with Crippen LogP contribution in [0.2, 0.25) is 0 Å². The summed E-state index contributed by atoms with van der Waals surface area (Å²) < 4.78 is 0. The minimum Gasteiger partial charge on any atom is -0.366 e. The van der Waals surface area contributed by atoms with E-state index in [0.717, 1.165) is 5.57 Å². The van der Waals surface area contributed by atoms with Crippen LogP contribution < -0.4 is 16.4 Å². The summed E-state index contributed by atoms with van der Waals surface area (Å²) in [6.07, 6.45) is 1.65. The number of allylic oxidation sites excluding steroid dienone is 1. The fraction of sp³-hybridized carbons (Fsp3) is 0.333. The van der Waals surface area contributed by atoms with Gasteiger partial charge >= 0.3 is 6.03 Å². The molecule has 0 heterocycles. The zero-order chi connectivity index (χ0) is 15.3. The van der Waals surface area contributed by atoms with E-state index in [9.17, 15) is 9.59 Å². The number of rotatable bonds is 3. The number of carbonyl (C=O) groups is 2. The molecule has 0 aliphatic heterocycles. The van der Waals surface area contributed by atoms with Gasteiger partial charge in [-0.1, -0.05) is 38.5 Å². The van der Waals surface area contributed by atoms with Crippen LogP contribution in [0.15, 0.2) is 36.0 Å². The van der Waals surface area contributed by atoms with Gasteiger partial charge in [-0.15, -0.1) is 0 Å². The highest BCUT2D eigenvalue weighted by molar-refractivity contribution is 6.02. The van der Waals surface area contributed by atoms with Gasteiger partial charge in [-0.25, -0.2) is 4.79 Å². The Labute approximate surface area is 119 Å². The van der Waals surface area contributed by atoms with E-state index in [2.05, 4.69) is 31.4 Å². The molecule has 0 spiro atoms. The van der Waals surface area contributed by atoms with Gasteiger partial charge in [-0.2, -0.15) is 0 Å². The van der Waals surface area contributed by atoms with Crippen molar-refractivity contribution >= 4 is 17.6 Å². The van der Waals surface area contributed by atoms with Crippen molar-refractivity contribution in [1.82, 2.24) is 5.32 Å². The van der Waals surface area contributed by atoms with Crippen molar-refractivity contribution in [2.45, 2.75) is 27.7 Å². The lowest BCUT2D eigenvalue weighted by Gasteiger charge is -2.19. The Kier molecular flexibility index (Phi) is 4.91. The van der Waals surface area contributed by atoms with Crippen molar-refractivity contribution in [2.24, 2.45) is 11.1 Å². The second kappa shape index (κ2) is 6.23. The molecule has 4 N–H and O–H groups in total. The third-order valence-electron chi connectivity index (χ3n) is 3.04. The Morgan fingerprint density at radius 1 is 1.20 bits per heavy atom. The number of amides is 3. The van der Waals surface area contributed by atoms with Crippen LogP contribution in [-0.2, 0) is 0 Å². The lowest BCUT2D eigenvalue weighted by atomic mass is 9.88. The third-order valence-corrected chi connectivity index (χ3v) is 3.04. The number of anilines is 1. The minimum atomic E-state index is -0.581. The van der Waals surface area contributed by atoms with Crippen LogP contribution in [0.3, 0.4) is 0 Å². The van der Waals surface area contributed by atoms with Crippen LogP contribution in [0.5, 0.6) is 0 Å². The van der Waals surface area contributed by atoms with Crippen molar-refractivity contribution in [3.05, 3.63) is 41.6 Å². The monoisotopic (exact) mass is 275 g/mol. The van der Waals surface area contributed by atoms with E-state index >= 15 is 0 Å². The van der Waals surface area contributed by atoms with Crippen molar-refractivity contribution in [3.63, 3.8) is 0 Å². The second-order valence-corrected chi connectivity index (χ2v) is 5.59.